The third-order valence-corrected chi connectivity index (χ3v) is 4.41. The number of hydrogen-bond donors (Lipinski definition) is 2. The fourth-order valence-electron chi connectivity index (χ4n) is 2.92. The van der Waals surface area contributed by atoms with Gasteiger partial charge in [-0.1, -0.05) is 11.6 Å². The van der Waals surface area contributed by atoms with Crippen LogP contribution in [0.4, 0.5) is 0 Å². The van der Waals surface area contributed by atoms with Gasteiger partial charge in [0.25, 0.3) is 5.56 Å². The quantitative estimate of drug-likeness (QED) is 0.690. The van der Waals surface area contributed by atoms with E-state index in [2.05, 4.69) is 9.97 Å². The van der Waals surface area contributed by atoms with Crippen molar-refractivity contribution in [2.75, 3.05) is 21.3 Å². The highest BCUT2D eigenvalue weighted by Gasteiger charge is 2.13. The number of nitrogens with one attached hydrogen (secondary N) is 2. The maximum atomic E-state index is 12.2. The molecule has 3 rings (SSSR count). The lowest BCUT2D eigenvalue weighted by atomic mass is 10.1. The van der Waals surface area contributed by atoms with Crippen molar-refractivity contribution >= 4 is 22.5 Å². The first kappa shape index (κ1) is 18.2. The van der Waals surface area contributed by atoms with Gasteiger partial charge >= 0.3 is 0 Å². The van der Waals surface area contributed by atoms with Gasteiger partial charge in [0.15, 0.2) is 5.82 Å². The van der Waals surface area contributed by atoms with Gasteiger partial charge in [0, 0.05) is 16.7 Å². The molecular formula is C19H21ClN3O3+. The molecule has 0 aliphatic carbocycles. The molecule has 3 aromatic rings. The largest absolute Gasteiger partial charge is 0.497 e. The fourth-order valence-corrected chi connectivity index (χ4v) is 3.08. The fraction of sp³-hybridized carbons (Fsp3) is 0.263. The molecule has 0 aliphatic rings. The van der Waals surface area contributed by atoms with Crippen LogP contribution in [0.15, 0.2) is 41.2 Å². The number of fused-ring (bicyclic) bond motifs is 1. The van der Waals surface area contributed by atoms with Crippen LogP contribution in [0, 0.1) is 0 Å². The van der Waals surface area contributed by atoms with Crippen LogP contribution in [0.3, 0.4) is 0 Å². The van der Waals surface area contributed by atoms with Crippen LogP contribution in [0.2, 0.25) is 5.02 Å². The highest BCUT2D eigenvalue weighted by atomic mass is 35.5. The zero-order valence-corrected chi connectivity index (χ0v) is 15.7. The minimum Gasteiger partial charge on any atom is -0.497 e. The number of ether oxygens (including phenoxy) is 2. The van der Waals surface area contributed by atoms with Crippen molar-refractivity contribution in [1.82, 2.24) is 9.97 Å². The molecule has 26 heavy (non-hydrogen) atoms. The van der Waals surface area contributed by atoms with Crippen molar-refractivity contribution in [3.8, 4) is 11.5 Å². The third-order valence-electron chi connectivity index (χ3n) is 4.17. The standard InChI is InChI=1S/C19H20ClN3O3/c1-23(10-12-4-6-14(25-2)9-17(12)26-3)11-18-21-16-8-13(20)5-7-15(16)19(24)22-18/h4-9H,10-11H2,1-3H3,(H,21,22,24)/p+1. The van der Waals surface area contributed by atoms with Crippen LogP contribution < -0.4 is 19.9 Å². The minimum absolute atomic E-state index is 0.156. The normalized spacial score (nSPS) is 12.2. The average molecular weight is 375 g/mol. The lowest BCUT2D eigenvalue weighted by Crippen LogP contribution is -3.06. The molecule has 2 aromatic carbocycles. The second kappa shape index (κ2) is 7.76. The number of hydrogen-bond acceptors (Lipinski definition) is 4. The Balaban J connectivity index is 1.81. The van der Waals surface area contributed by atoms with Crippen molar-refractivity contribution in [2.24, 2.45) is 0 Å². The van der Waals surface area contributed by atoms with E-state index in [4.69, 9.17) is 21.1 Å². The molecule has 0 saturated carbocycles. The molecule has 1 heterocycles. The molecule has 7 heteroatoms. The Labute approximate surface area is 156 Å². The molecule has 1 atom stereocenters. The van der Waals surface area contributed by atoms with Crippen molar-refractivity contribution in [3.05, 3.63) is 63.2 Å². The Hall–Kier alpha value is -2.57. The summed E-state index contributed by atoms with van der Waals surface area (Å²) in [6, 6.07) is 10.8. The Morgan fingerprint density at radius 2 is 1.92 bits per heavy atom. The van der Waals surface area contributed by atoms with E-state index >= 15 is 0 Å². The van der Waals surface area contributed by atoms with Gasteiger partial charge in [0.1, 0.15) is 24.6 Å². The van der Waals surface area contributed by atoms with Crippen LogP contribution in [-0.4, -0.2) is 31.2 Å². The molecule has 0 aliphatic heterocycles. The van der Waals surface area contributed by atoms with E-state index in [-0.39, 0.29) is 5.56 Å². The Bertz CT molecular complexity index is 987. The molecule has 1 unspecified atom stereocenters. The summed E-state index contributed by atoms with van der Waals surface area (Å²) >= 11 is 6.01. The van der Waals surface area contributed by atoms with E-state index in [0.717, 1.165) is 22.0 Å². The van der Waals surface area contributed by atoms with Gasteiger partial charge in [-0.05, 0) is 30.3 Å². The Kier molecular flexibility index (Phi) is 5.44. The van der Waals surface area contributed by atoms with Gasteiger partial charge in [0.05, 0.1) is 32.2 Å². The number of methoxy groups -OCH3 is 2. The molecule has 2 N–H and O–H groups in total. The predicted octanol–water partition coefficient (Wildman–Crippen LogP) is 1.81. The number of benzene rings is 2. The monoisotopic (exact) mass is 374 g/mol. The van der Waals surface area contributed by atoms with Gasteiger partial charge < -0.3 is 19.4 Å². The van der Waals surface area contributed by atoms with Crippen molar-refractivity contribution < 1.29 is 14.4 Å². The first-order chi connectivity index (χ1) is 12.5. The second-order valence-corrected chi connectivity index (χ2v) is 6.60. The summed E-state index contributed by atoms with van der Waals surface area (Å²) in [4.78, 5) is 20.8. The van der Waals surface area contributed by atoms with E-state index in [1.807, 2.05) is 25.2 Å². The molecule has 0 bridgehead atoms. The Morgan fingerprint density at radius 1 is 1.12 bits per heavy atom. The van der Waals surface area contributed by atoms with Gasteiger partial charge in [-0.15, -0.1) is 0 Å². The van der Waals surface area contributed by atoms with Crippen LogP contribution in [0.5, 0.6) is 11.5 Å². The van der Waals surface area contributed by atoms with E-state index < -0.39 is 0 Å². The molecule has 0 saturated heterocycles. The highest BCUT2D eigenvalue weighted by molar-refractivity contribution is 6.31. The zero-order chi connectivity index (χ0) is 18.7. The summed E-state index contributed by atoms with van der Waals surface area (Å²) in [5, 5.41) is 1.10. The van der Waals surface area contributed by atoms with Gasteiger partial charge in [0.2, 0.25) is 0 Å². The van der Waals surface area contributed by atoms with E-state index in [1.54, 1.807) is 32.4 Å². The second-order valence-electron chi connectivity index (χ2n) is 6.16. The van der Waals surface area contributed by atoms with E-state index in [1.165, 1.54) is 0 Å². The van der Waals surface area contributed by atoms with E-state index in [9.17, 15) is 4.79 Å². The van der Waals surface area contributed by atoms with Crippen molar-refractivity contribution in [1.29, 1.82) is 0 Å². The van der Waals surface area contributed by atoms with Gasteiger partial charge in [-0.2, -0.15) is 0 Å². The smallest absolute Gasteiger partial charge is 0.258 e. The molecule has 136 valence electrons. The molecule has 1 aromatic heterocycles. The number of aromatic nitrogens is 2. The SMILES string of the molecule is COc1ccc(C[NH+](C)Cc2nc3cc(Cl)ccc3c(=O)[nH]2)c(OC)c1. The average Bonchev–Trinajstić information content (AvgIpc) is 2.61. The highest BCUT2D eigenvalue weighted by Crippen LogP contribution is 2.23. The summed E-state index contributed by atoms with van der Waals surface area (Å²) in [5.74, 6) is 2.14. The molecule has 0 radical (unpaired) electrons. The summed E-state index contributed by atoms with van der Waals surface area (Å²) < 4.78 is 10.7. The number of nitrogens with zero attached hydrogens (tertiary/aromatic N) is 1. The maximum Gasteiger partial charge on any atom is 0.258 e. The van der Waals surface area contributed by atoms with E-state index in [0.29, 0.717) is 34.8 Å². The number of H-pyrrole nitrogens is 1. The number of quaternary nitrogens is 1. The molecule has 6 nitrogen and oxygen atoms in total. The van der Waals surface area contributed by atoms with Crippen LogP contribution in [0.25, 0.3) is 10.9 Å². The minimum atomic E-state index is -0.156. The summed E-state index contributed by atoms with van der Waals surface area (Å²) in [5.41, 5.74) is 1.50. The summed E-state index contributed by atoms with van der Waals surface area (Å²) in [6.07, 6.45) is 0. The molecule has 0 amide bonds. The summed E-state index contributed by atoms with van der Waals surface area (Å²) in [7, 11) is 5.30. The lowest BCUT2D eigenvalue weighted by Gasteiger charge is -2.16. The third kappa shape index (κ3) is 3.98. The predicted molar refractivity (Wildman–Crippen MR) is 101 cm³/mol. The number of halogens is 1. The van der Waals surface area contributed by atoms with Crippen LogP contribution in [0.1, 0.15) is 11.4 Å². The van der Waals surface area contributed by atoms with Crippen molar-refractivity contribution in [3.63, 3.8) is 0 Å². The zero-order valence-electron chi connectivity index (χ0n) is 14.9. The van der Waals surface area contributed by atoms with Gasteiger partial charge in [-0.25, -0.2) is 4.98 Å². The van der Waals surface area contributed by atoms with Crippen molar-refractivity contribution in [2.45, 2.75) is 13.1 Å². The Morgan fingerprint density at radius 3 is 2.65 bits per heavy atom. The molecule has 0 fully saturated rings. The number of aromatic amines is 1. The van der Waals surface area contributed by atoms with Gasteiger partial charge in [-0.3, -0.25) is 4.79 Å². The van der Waals surface area contributed by atoms with Crippen LogP contribution >= 0.6 is 11.6 Å². The number of rotatable bonds is 6. The first-order valence-electron chi connectivity index (χ1n) is 8.21. The molecular weight excluding hydrogens is 354 g/mol. The molecule has 0 spiro atoms. The maximum absolute atomic E-state index is 12.2. The first-order valence-corrected chi connectivity index (χ1v) is 8.58. The topological polar surface area (TPSA) is 68.7 Å². The summed E-state index contributed by atoms with van der Waals surface area (Å²) in [6.45, 7) is 1.28. The lowest BCUT2D eigenvalue weighted by molar-refractivity contribution is -0.908. The van der Waals surface area contributed by atoms with Crippen LogP contribution in [-0.2, 0) is 13.1 Å².